The van der Waals surface area contributed by atoms with E-state index in [0.29, 0.717) is 26.2 Å². The Balaban J connectivity index is 3.40. The van der Waals surface area contributed by atoms with Crippen LogP contribution >= 0.6 is 0 Å². The number of rotatable bonds is 8. The van der Waals surface area contributed by atoms with E-state index in [-0.39, 0.29) is 0 Å². The van der Waals surface area contributed by atoms with Gasteiger partial charge in [-0.05, 0) is 26.7 Å². The summed E-state index contributed by atoms with van der Waals surface area (Å²) < 4.78 is 10.1. The molecule has 4 heteroatoms. The first-order valence-electron chi connectivity index (χ1n) is 4.81. The molecule has 4 nitrogen and oxygen atoms in total. The molecular weight excluding hydrogens is 184 g/mol. The summed E-state index contributed by atoms with van der Waals surface area (Å²) >= 11 is 0. The first-order chi connectivity index (χ1) is 6.50. The Morgan fingerprint density at radius 3 is 2.43 bits per heavy atom. The Kier molecular flexibility index (Phi) is 6.49. The highest BCUT2D eigenvalue weighted by Gasteiger charge is 2.26. The van der Waals surface area contributed by atoms with E-state index in [2.05, 4.69) is 0 Å². The van der Waals surface area contributed by atoms with Crippen LogP contribution in [-0.2, 0) is 14.3 Å². The van der Waals surface area contributed by atoms with Gasteiger partial charge in [-0.1, -0.05) is 0 Å². The zero-order valence-corrected chi connectivity index (χ0v) is 9.21. The maximum absolute atomic E-state index is 10.7. The molecule has 0 aromatic heterocycles. The smallest absolute Gasteiger partial charge is 0.309 e. The minimum absolute atomic E-state index is 0.489. The van der Waals surface area contributed by atoms with Gasteiger partial charge < -0.3 is 14.6 Å². The Labute approximate surface area is 85.2 Å². The zero-order valence-electron chi connectivity index (χ0n) is 9.21. The number of hydrogen-bond acceptors (Lipinski definition) is 3. The number of aliphatic carboxylic acids is 1. The fraction of sp³-hybridized carbons (Fsp3) is 0.900. The maximum Gasteiger partial charge on any atom is 0.309 e. The maximum atomic E-state index is 10.7. The van der Waals surface area contributed by atoms with Gasteiger partial charge in [0.1, 0.15) is 0 Å². The molecule has 0 rings (SSSR count). The summed E-state index contributed by atoms with van der Waals surface area (Å²) in [6, 6.07) is 0. The van der Waals surface area contributed by atoms with Gasteiger partial charge in [-0.2, -0.15) is 0 Å². The number of ether oxygens (including phenoxy) is 2. The number of carbonyl (C=O) groups is 1. The van der Waals surface area contributed by atoms with Crippen LogP contribution in [0.1, 0.15) is 26.7 Å². The lowest BCUT2D eigenvalue weighted by atomic mass is 9.90. The third-order valence-electron chi connectivity index (χ3n) is 2.09. The van der Waals surface area contributed by atoms with Crippen molar-refractivity contribution < 1.29 is 19.4 Å². The van der Waals surface area contributed by atoms with E-state index in [1.165, 1.54) is 0 Å². The third-order valence-corrected chi connectivity index (χ3v) is 2.09. The monoisotopic (exact) mass is 204 g/mol. The number of hydrogen-bond donors (Lipinski definition) is 1. The van der Waals surface area contributed by atoms with Crippen LogP contribution in [0.15, 0.2) is 0 Å². The van der Waals surface area contributed by atoms with Crippen LogP contribution < -0.4 is 0 Å². The van der Waals surface area contributed by atoms with E-state index in [0.717, 1.165) is 6.42 Å². The molecule has 0 saturated heterocycles. The summed E-state index contributed by atoms with van der Waals surface area (Å²) in [5, 5.41) is 8.81. The van der Waals surface area contributed by atoms with Crippen molar-refractivity contribution in [3.63, 3.8) is 0 Å². The molecule has 14 heavy (non-hydrogen) atoms. The van der Waals surface area contributed by atoms with Gasteiger partial charge in [-0.15, -0.1) is 0 Å². The number of carboxylic acid groups (broad SMARTS) is 1. The molecule has 0 unspecified atom stereocenters. The van der Waals surface area contributed by atoms with E-state index in [4.69, 9.17) is 14.6 Å². The molecule has 0 saturated carbocycles. The predicted molar refractivity (Wildman–Crippen MR) is 53.3 cm³/mol. The van der Waals surface area contributed by atoms with Crippen LogP contribution in [0, 0.1) is 5.41 Å². The van der Waals surface area contributed by atoms with Crippen molar-refractivity contribution in [2.75, 3.05) is 26.9 Å². The SMILES string of the molecule is COCCCOCCC(C)(C)C(=O)O. The van der Waals surface area contributed by atoms with E-state index >= 15 is 0 Å². The zero-order chi connectivity index (χ0) is 11.0. The van der Waals surface area contributed by atoms with Crippen molar-refractivity contribution >= 4 is 5.97 Å². The lowest BCUT2D eigenvalue weighted by Crippen LogP contribution is -2.25. The predicted octanol–water partition coefficient (Wildman–Crippen LogP) is 1.54. The van der Waals surface area contributed by atoms with Gasteiger partial charge in [0.25, 0.3) is 0 Å². The average Bonchev–Trinajstić information content (AvgIpc) is 2.10. The molecule has 0 radical (unpaired) electrons. The quantitative estimate of drug-likeness (QED) is 0.609. The molecule has 0 bridgehead atoms. The van der Waals surface area contributed by atoms with Crippen LogP contribution in [0.25, 0.3) is 0 Å². The van der Waals surface area contributed by atoms with E-state index < -0.39 is 11.4 Å². The molecule has 0 atom stereocenters. The largest absolute Gasteiger partial charge is 0.481 e. The Bertz CT molecular complexity index is 166. The van der Waals surface area contributed by atoms with Gasteiger partial charge in [0.05, 0.1) is 5.41 Å². The van der Waals surface area contributed by atoms with Gasteiger partial charge in [-0.3, -0.25) is 4.79 Å². The van der Waals surface area contributed by atoms with Gasteiger partial charge in [0.15, 0.2) is 0 Å². The van der Waals surface area contributed by atoms with Gasteiger partial charge in [0.2, 0.25) is 0 Å². The van der Waals surface area contributed by atoms with E-state index in [9.17, 15) is 4.79 Å². The van der Waals surface area contributed by atoms with E-state index in [1.54, 1.807) is 21.0 Å². The average molecular weight is 204 g/mol. The van der Waals surface area contributed by atoms with E-state index in [1.807, 2.05) is 0 Å². The molecule has 0 aromatic carbocycles. The van der Waals surface area contributed by atoms with Crippen molar-refractivity contribution in [1.82, 2.24) is 0 Å². The van der Waals surface area contributed by atoms with Crippen molar-refractivity contribution in [2.24, 2.45) is 5.41 Å². The summed E-state index contributed by atoms with van der Waals surface area (Å²) in [5.41, 5.74) is -0.693. The molecular formula is C10H20O4. The van der Waals surface area contributed by atoms with Crippen LogP contribution in [0.2, 0.25) is 0 Å². The Morgan fingerprint density at radius 1 is 1.29 bits per heavy atom. The van der Waals surface area contributed by atoms with Crippen molar-refractivity contribution in [3.8, 4) is 0 Å². The highest BCUT2D eigenvalue weighted by Crippen LogP contribution is 2.19. The molecule has 0 aromatic rings. The molecule has 1 N–H and O–H groups in total. The van der Waals surface area contributed by atoms with Crippen molar-refractivity contribution in [3.05, 3.63) is 0 Å². The molecule has 0 amide bonds. The molecule has 0 heterocycles. The lowest BCUT2D eigenvalue weighted by molar-refractivity contribution is -0.148. The molecule has 0 aliphatic rings. The van der Waals surface area contributed by atoms with Crippen molar-refractivity contribution in [1.29, 1.82) is 0 Å². The second kappa shape index (κ2) is 6.79. The highest BCUT2D eigenvalue weighted by atomic mass is 16.5. The topological polar surface area (TPSA) is 55.8 Å². The minimum Gasteiger partial charge on any atom is -0.481 e. The molecule has 0 aliphatic heterocycles. The fourth-order valence-corrected chi connectivity index (χ4v) is 0.842. The second-order valence-corrected chi connectivity index (χ2v) is 3.90. The fourth-order valence-electron chi connectivity index (χ4n) is 0.842. The van der Waals surface area contributed by atoms with Gasteiger partial charge in [0, 0.05) is 26.9 Å². The Morgan fingerprint density at radius 2 is 1.93 bits per heavy atom. The van der Waals surface area contributed by atoms with Gasteiger partial charge >= 0.3 is 5.97 Å². The Hall–Kier alpha value is -0.610. The summed E-state index contributed by atoms with van der Waals surface area (Å²) in [7, 11) is 1.65. The number of methoxy groups -OCH3 is 1. The molecule has 84 valence electrons. The normalized spacial score (nSPS) is 11.6. The summed E-state index contributed by atoms with van der Waals surface area (Å²) in [6.45, 7) is 5.20. The first kappa shape index (κ1) is 13.4. The molecule has 0 spiro atoms. The summed E-state index contributed by atoms with van der Waals surface area (Å²) in [6.07, 6.45) is 1.39. The summed E-state index contributed by atoms with van der Waals surface area (Å²) in [4.78, 5) is 10.7. The van der Waals surface area contributed by atoms with Crippen molar-refractivity contribution in [2.45, 2.75) is 26.7 Å². The first-order valence-corrected chi connectivity index (χ1v) is 4.81. The van der Waals surface area contributed by atoms with Crippen LogP contribution in [0.4, 0.5) is 0 Å². The van der Waals surface area contributed by atoms with Crippen LogP contribution in [0.3, 0.4) is 0 Å². The summed E-state index contributed by atoms with van der Waals surface area (Å²) in [5.74, 6) is -0.780. The second-order valence-electron chi connectivity index (χ2n) is 3.90. The minimum atomic E-state index is -0.780. The highest BCUT2D eigenvalue weighted by molar-refractivity contribution is 5.73. The van der Waals surface area contributed by atoms with Gasteiger partial charge in [-0.25, -0.2) is 0 Å². The molecule has 0 fully saturated rings. The lowest BCUT2D eigenvalue weighted by Gasteiger charge is -2.18. The number of carboxylic acids is 1. The van der Waals surface area contributed by atoms with Crippen LogP contribution in [-0.4, -0.2) is 38.0 Å². The molecule has 0 aliphatic carbocycles. The third kappa shape index (κ3) is 5.94. The van der Waals surface area contributed by atoms with Crippen LogP contribution in [0.5, 0.6) is 0 Å². The standard InChI is InChI=1S/C10H20O4/c1-10(2,9(11)12)5-8-14-7-4-6-13-3/h4-8H2,1-3H3,(H,11,12).